The van der Waals surface area contributed by atoms with Gasteiger partial charge in [0, 0.05) is 19.4 Å². The van der Waals surface area contributed by atoms with Crippen LogP contribution in [-0.2, 0) is 19.2 Å². The van der Waals surface area contributed by atoms with Gasteiger partial charge in [0.15, 0.2) is 0 Å². The van der Waals surface area contributed by atoms with Gasteiger partial charge in [0.2, 0.25) is 0 Å². The molecule has 0 fully saturated rings. The van der Waals surface area contributed by atoms with Crippen molar-refractivity contribution in [2.45, 2.75) is 31.7 Å². The fourth-order valence-electron chi connectivity index (χ4n) is 3.70. The Labute approximate surface area is 175 Å². The van der Waals surface area contributed by atoms with Crippen LogP contribution in [0, 0.1) is 0 Å². The Morgan fingerprint density at radius 2 is 1.60 bits per heavy atom. The number of carbonyl (C=O) groups is 3. The summed E-state index contributed by atoms with van der Waals surface area (Å²) in [6, 6.07) is 15.2. The standard InChI is InChI=1S/C23H26N2O5/c1-15(26)12-13-21(22(27)25(2)29-3)24-23(28)30-14-20-18-10-6-4-8-16(18)17-9-5-7-11-19(17)20/h4-11,20-21H,12-14H2,1-3H3,(H,24,28)/t21-/m1/s1. The van der Waals surface area contributed by atoms with Gasteiger partial charge in [-0.15, -0.1) is 0 Å². The van der Waals surface area contributed by atoms with E-state index in [1.807, 2.05) is 36.4 Å². The number of benzene rings is 2. The number of fused-ring (bicyclic) bond motifs is 3. The molecule has 1 N–H and O–H groups in total. The molecule has 2 amide bonds. The Hall–Kier alpha value is -3.19. The van der Waals surface area contributed by atoms with Gasteiger partial charge in [-0.05, 0) is 35.6 Å². The maximum absolute atomic E-state index is 12.5. The zero-order valence-corrected chi connectivity index (χ0v) is 17.4. The highest BCUT2D eigenvalue weighted by Gasteiger charge is 2.30. The van der Waals surface area contributed by atoms with Crippen LogP contribution in [-0.4, -0.2) is 49.7 Å². The number of alkyl carbamates (subject to hydrolysis) is 1. The third-order valence-corrected chi connectivity index (χ3v) is 5.30. The zero-order valence-electron chi connectivity index (χ0n) is 17.4. The van der Waals surface area contributed by atoms with E-state index in [1.54, 1.807) is 0 Å². The molecule has 0 spiro atoms. The number of hydrogen-bond donors (Lipinski definition) is 1. The number of hydrogen-bond acceptors (Lipinski definition) is 5. The van der Waals surface area contributed by atoms with Crippen LogP contribution in [0.3, 0.4) is 0 Å². The molecule has 0 bridgehead atoms. The maximum Gasteiger partial charge on any atom is 0.407 e. The number of hydroxylamine groups is 2. The molecule has 30 heavy (non-hydrogen) atoms. The highest BCUT2D eigenvalue weighted by molar-refractivity contribution is 5.86. The Balaban J connectivity index is 1.68. The second kappa shape index (κ2) is 9.54. The molecule has 2 aromatic rings. The molecule has 3 rings (SSSR count). The van der Waals surface area contributed by atoms with Crippen molar-refractivity contribution in [2.24, 2.45) is 0 Å². The Morgan fingerprint density at radius 1 is 1.03 bits per heavy atom. The fourth-order valence-corrected chi connectivity index (χ4v) is 3.70. The van der Waals surface area contributed by atoms with Gasteiger partial charge < -0.3 is 14.8 Å². The lowest BCUT2D eigenvalue weighted by atomic mass is 9.98. The lowest BCUT2D eigenvalue weighted by Crippen LogP contribution is -2.47. The van der Waals surface area contributed by atoms with Gasteiger partial charge in [0.1, 0.15) is 18.4 Å². The molecule has 7 nitrogen and oxygen atoms in total. The minimum absolute atomic E-state index is 0.0674. The van der Waals surface area contributed by atoms with E-state index in [9.17, 15) is 14.4 Å². The monoisotopic (exact) mass is 410 g/mol. The van der Waals surface area contributed by atoms with Gasteiger partial charge in [-0.2, -0.15) is 0 Å². The first-order valence-corrected chi connectivity index (χ1v) is 9.85. The van der Waals surface area contributed by atoms with E-state index in [2.05, 4.69) is 17.4 Å². The van der Waals surface area contributed by atoms with Crippen molar-refractivity contribution >= 4 is 17.8 Å². The van der Waals surface area contributed by atoms with Crippen molar-refractivity contribution in [1.29, 1.82) is 0 Å². The molecule has 0 aliphatic heterocycles. The number of ether oxygens (including phenoxy) is 1. The third kappa shape index (κ3) is 4.68. The van der Waals surface area contributed by atoms with Crippen LogP contribution >= 0.6 is 0 Å². The van der Waals surface area contributed by atoms with Crippen LogP contribution in [0.5, 0.6) is 0 Å². The lowest BCUT2D eigenvalue weighted by molar-refractivity contribution is -0.171. The summed E-state index contributed by atoms with van der Waals surface area (Å²) in [5.74, 6) is -0.592. The Bertz CT molecular complexity index is 897. The second-order valence-corrected chi connectivity index (χ2v) is 7.28. The summed E-state index contributed by atoms with van der Waals surface area (Å²) in [6.07, 6.45) is -0.368. The van der Waals surface area contributed by atoms with Crippen molar-refractivity contribution in [3.8, 4) is 11.1 Å². The minimum Gasteiger partial charge on any atom is -0.449 e. The molecule has 1 atom stereocenters. The summed E-state index contributed by atoms with van der Waals surface area (Å²) < 4.78 is 5.49. The number of nitrogens with one attached hydrogen (secondary N) is 1. The Morgan fingerprint density at radius 3 is 2.13 bits per heavy atom. The summed E-state index contributed by atoms with van der Waals surface area (Å²) in [5.41, 5.74) is 4.49. The van der Waals surface area contributed by atoms with Crippen molar-refractivity contribution in [1.82, 2.24) is 10.4 Å². The van der Waals surface area contributed by atoms with Crippen molar-refractivity contribution in [3.63, 3.8) is 0 Å². The number of ketones is 1. The van der Waals surface area contributed by atoms with Crippen LogP contribution in [0.4, 0.5) is 4.79 Å². The molecule has 158 valence electrons. The predicted octanol–water partition coefficient (Wildman–Crippen LogP) is 3.28. The van der Waals surface area contributed by atoms with E-state index >= 15 is 0 Å². The minimum atomic E-state index is -0.908. The van der Waals surface area contributed by atoms with E-state index in [-0.39, 0.29) is 31.1 Å². The average molecular weight is 410 g/mol. The smallest absolute Gasteiger partial charge is 0.407 e. The van der Waals surface area contributed by atoms with Crippen LogP contribution < -0.4 is 5.32 Å². The molecule has 0 saturated carbocycles. The summed E-state index contributed by atoms with van der Waals surface area (Å²) >= 11 is 0. The molecule has 7 heteroatoms. The molecule has 0 saturated heterocycles. The first kappa shape index (κ1) is 21.5. The summed E-state index contributed by atoms with van der Waals surface area (Å²) in [4.78, 5) is 41.1. The van der Waals surface area contributed by atoms with Crippen molar-refractivity contribution in [2.75, 3.05) is 20.8 Å². The van der Waals surface area contributed by atoms with Crippen LogP contribution in [0.1, 0.15) is 36.8 Å². The third-order valence-electron chi connectivity index (χ3n) is 5.30. The highest BCUT2D eigenvalue weighted by Crippen LogP contribution is 2.44. The summed E-state index contributed by atoms with van der Waals surface area (Å²) in [6.45, 7) is 1.59. The van der Waals surface area contributed by atoms with E-state index in [0.717, 1.165) is 27.3 Å². The Kier molecular flexibility index (Phi) is 6.84. The fraction of sp³-hybridized carbons (Fsp3) is 0.348. The van der Waals surface area contributed by atoms with Crippen LogP contribution in [0.2, 0.25) is 0 Å². The van der Waals surface area contributed by atoms with Gasteiger partial charge in [0.05, 0.1) is 7.11 Å². The predicted molar refractivity (Wildman–Crippen MR) is 112 cm³/mol. The molecule has 1 aliphatic carbocycles. The van der Waals surface area contributed by atoms with Gasteiger partial charge in [-0.25, -0.2) is 9.86 Å². The topological polar surface area (TPSA) is 84.9 Å². The van der Waals surface area contributed by atoms with Crippen molar-refractivity contribution < 1.29 is 24.0 Å². The number of Topliss-reactive ketones (excluding diaryl/α,β-unsaturated/α-hetero) is 1. The van der Waals surface area contributed by atoms with Gasteiger partial charge >= 0.3 is 6.09 Å². The molecule has 0 aromatic heterocycles. The van der Waals surface area contributed by atoms with Gasteiger partial charge in [-0.1, -0.05) is 48.5 Å². The normalized spacial score (nSPS) is 13.2. The zero-order chi connectivity index (χ0) is 21.7. The quantitative estimate of drug-likeness (QED) is 0.675. The molecular weight excluding hydrogens is 384 g/mol. The first-order chi connectivity index (χ1) is 14.4. The maximum atomic E-state index is 12.5. The van der Waals surface area contributed by atoms with Gasteiger partial charge in [-0.3, -0.25) is 9.63 Å². The lowest BCUT2D eigenvalue weighted by Gasteiger charge is -2.23. The largest absolute Gasteiger partial charge is 0.449 e. The molecule has 1 aliphatic rings. The number of nitrogens with zero attached hydrogens (tertiary/aromatic N) is 1. The van der Waals surface area contributed by atoms with Crippen molar-refractivity contribution in [3.05, 3.63) is 59.7 Å². The summed E-state index contributed by atoms with van der Waals surface area (Å²) in [5, 5.41) is 3.60. The highest BCUT2D eigenvalue weighted by atomic mass is 16.7. The number of likely N-dealkylation sites (N-methyl/N-ethyl adjacent to an activating group) is 1. The van der Waals surface area contributed by atoms with E-state index < -0.39 is 18.0 Å². The molecule has 0 radical (unpaired) electrons. The molecule has 0 heterocycles. The second-order valence-electron chi connectivity index (χ2n) is 7.28. The number of carbonyl (C=O) groups excluding carboxylic acids is 3. The number of rotatable bonds is 8. The molecule has 0 unspecified atom stereocenters. The number of amides is 2. The van der Waals surface area contributed by atoms with E-state index in [0.29, 0.717) is 0 Å². The van der Waals surface area contributed by atoms with Gasteiger partial charge in [0.25, 0.3) is 5.91 Å². The molecule has 2 aromatic carbocycles. The van der Waals surface area contributed by atoms with E-state index in [4.69, 9.17) is 9.57 Å². The average Bonchev–Trinajstić information content (AvgIpc) is 3.07. The summed E-state index contributed by atoms with van der Waals surface area (Å²) in [7, 11) is 2.80. The van der Waals surface area contributed by atoms with Crippen LogP contribution in [0.25, 0.3) is 11.1 Å². The molecular formula is C23H26N2O5. The van der Waals surface area contributed by atoms with Crippen LogP contribution in [0.15, 0.2) is 48.5 Å². The first-order valence-electron chi connectivity index (χ1n) is 9.85. The SMILES string of the molecule is CON(C)C(=O)[C@@H](CCC(C)=O)NC(=O)OCC1c2ccccc2-c2ccccc21. The van der Waals surface area contributed by atoms with E-state index in [1.165, 1.54) is 21.1 Å².